The van der Waals surface area contributed by atoms with E-state index in [0.29, 0.717) is 5.88 Å². The van der Waals surface area contributed by atoms with E-state index in [-0.39, 0.29) is 18.8 Å². The minimum atomic E-state index is -1.26. The first-order chi connectivity index (χ1) is 11.6. The van der Waals surface area contributed by atoms with E-state index in [2.05, 4.69) is 10.3 Å². The monoisotopic (exact) mass is 332 g/mol. The van der Waals surface area contributed by atoms with Crippen molar-refractivity contribution in [2.75, 3.05) is 13.7 Å². The number of pyridine rings is 1. The predicted molar refractivity (Wildman–Crippen MR) is 86.4 cm³/mol. The molecule has 24 heavy (non-hydrogen) atoms. The number of ether oxygens (including phenoxy) is 2. The van der Waals surface area contributed by atoms with Gasteiger partial charge in [-0.05, 0) is 11.6 Å². The number of nitrogens with zero attached hydrogens (tertiary/aromatic N) is 1. The Labute approximate surface area is 139 Å². The largest absolute Gasteiger partial charge is 0.481 e. The SMILES string of the molecule is COc1cccc(C(O)C(O)CNC(=O)OCc2ccccc2)n1. The van der Waals surface area contributed by atoms with Gasteiger partial charge in [0.05, 0.1) is 12.8 Å². The van der Waals surface area contributed by atoms with Crippen LogP contribution in [0.1, 0.15) is 17.4 Å². The Kier molecular flexibility index (Phi) is 6.53. The highest BCUT2D eigenvalue weighted by Gasteiger charge is 2.21. The molecule has 2 aromatic rings. The van der Waals surface area contributed by atoms with Crippen molar-refractivity contribution >= 4 is 6.09 Å². The van der Waals surface area contributed by atoms with Gasteiger partial charge in [0, 0.05) is 12.6 Å². The number of hydrogen-bond acceptors (Lipinski definition) is 6. The van der Waals surface area contributed by atoms with Gasteiger partial charge in [-0.3, -0.25) is 0 Å². The molecule has 2 rings (SSSR count). The zero-order valence-electron chi connectivity index (χ0n) is 13.3. The van der Waals surface area contributed by atoms with E-state index in [4.69, 9.17) is 9.47 Å². The molecule has 0 aliphatic heterocycles. The summed E-state index contributed by atoms with van der Waals surface area (Å²) >= 11 is 0. The van der Waals surface area contributed by atoms with Gasteiger partial charge in [-0.2, -0.15) is 0 Å². The smallest absolute Gasteiger partial charge is 0.407 e. The van der Waals surface area contributed by atoms with Crippen molar-refractivity contribution in [1.82, 2.24) is 10.3 Å². The minimum absolute atomic E-state index is 0.128. The second-order valence-electron chi connectivity index (χ2n) is 5.06. The van der Waals surface area contributed by atoms with Crippen molar-refractivity contribution in [1.29, 1.82) is 0 Å². The topological polar surface area (TPSA) is 101 Å². The number of methoxy groups -OCH3 is 1. The summed E-state index contributed by atoms with van der Waals surface area (Å²) in [5, 5.41) is 22.4. The van der Waals surface area contributed by atoms with Gasteiger partial charge in [0.25, 0.3) is 0 Å². The Bertz CT molecular complexity index is 650. The molecule has 2 unspecified atom stereocenters. The van der Waals surface area contributed by atoms with Crippen LogP contribution in [0.3, 0.4) is 0 Å². The zero-order chi connectivity index (χ0) is 17.4. The minimum Gasteiger partial charge on any atom is -0.481 e. The quantitative estimate of drug-likeness (QED) is 0.709. The molecule has 0 fully saturated rings. The second-order valence-corrected chi connectivity index (χ2v) is 5.06. The van der Waals surface area contributed by atoms with Gasteiger partial charge in [-0.1, -0.05) is 36.4 Å². The fraction of sp³-hybridized carbons (Fsp3) is 0.294. The molecule has 1 amide bonds. The number of aromatic nitrogens is 1. The highest BCUT2D eigenvalue weighted by atomic mass is 16.5. The van der Waals surface area contributed by atoms with Crippen LogP contribution >= 0.6 is 0 Å². The van der Waals surface area contributed by atoms with Crippen molar-refractivity contribution in [3.63, 3.8) is 0 Å². The molecule has 0 aliphatic rings. The number of hydrogen-bond donors (Lipinski definition) is 3. The first-order valence-electron chi connectivity index (χ1n) is 7.41. The molecule has 1 aromatic carbocycles. The third kappa shape index (κ3) is 5.22. The molecule has 2 atom stereocenters. The van der Waals surface area contributed by atoms with Crippen LogP contribution in [0.4, 0.5) is 4.79 Å². The summed E-state index contributed by atoms with van der Waals surface area (Å²) in [5.41, 5.74) is 1.11. The number of rotatable bonds is 7. The molecule has 1 aromatic heterocycles. The summed E-state index contributed by atoms with van der Waals surface area (Å²) in [6, 6.07) is 14.1. The van der Waals surface area contributed by atoms with Crippen LogP contribution in [0.5, 0.6) is 5.88 Å². The number of nitrogens with one attached hydrogen (secondary N) is 1. The predicted octanol–water partition coefficient (Wildman–Crippen LogP) is 1.41. The number of carbonyl (C=O) groups is 1. The standard InChI is InChI=1S/C17H20N2O5/c1-23-15-9-5-8-13(19-15)16(21)14(20)10-18-17(22)24-11-12-6-3-2-4-7-12/h2-9,14,16,20-21H,10-11H2,1H3,(H,18,22). The number of benzene rings is 1. The second kappa shape index (κ2) is 8.85. The molecule has 3 N–H and O–H groups in total. The maximum Gasteiger partial charge on any atom is 0.407 e. The molecule has 0 aliphatic carbocycles. The maximum atomic E-state index is 11.6. The van der Waals surface area contributed by atoms with Crippen molar-refractivity contribution in [3.8, 4) is 5.88 Å². The molecule has 0 bridgehead atoms. The normalized spacial score (nSPS) is 13.0. The molecule has 0 saturated carbocycles. The summed E-state index contributed by atoms with van der Waals surface area (Å²) in [4.78, 5) is 15.7. The molecular formula is C17H20N2O5. The van der Waals surface area contributed by atoms with E-state index in [1.54, 1.807) is 18.2 Å². The molecule has 7 nitrogen and oxygen atoms in total. The van der Waals surface area contributed by atoms with Crippen LogP contribution in [-0.4, -0.2) is 41.0 Å². The third-order valence-corrected chi connectivity index (χ3v) is 3.29. The summed E-state index contributed by atoms with van der Waals surface area (Å²) in [7, 11) is 1.46. The molecule has 128 valence electrons. The molecule has 0 saturated heterocycles. The fourth-order valence-corrected chi connectivity index (χ4v) is 1.98. The summed E-state index contributed by atoms with van der Waals surface area (Å²) in [5.74, 6) is 0.328. The molecule has 1 heterocycles. The van der Waals surface area contributed by atoms with Crippen molar-refractivity contribution in [2.45, 2.75) is 18.8 Å². The van der Waals surface area contributed by atoms with Gasteiger partial charge >= 0.3 is 6.09 Å². The Hall–Kier alpha value is -2.64. The van der Waals surface area contributed by atoms with Crippen LogP contribution in [0.15, 0.2) is 48.5 Å². The summed E-state index contributed by atoms with van der Waals surface area (Å²) < 4.78 is 9.99. The molecule has 7 heteroatoms. The van der Waals surface area contributed by atoms with Gasteiger partial charge in [0.1, 0.15) is 18.8 Å². The summed E-state index contributed by atoms with van der Waals surface area (Å²) in [6.07, 6.45) is -3.16. The average Bonchev–Trinajstić information content (AvgIpc) is 2.64. The average molecular weight is 332 g/mol. The first kappa shape index (κ1) is 17.7. The molecule has 0 spiro atoms. The van der Waals surface area contributed by atoms with Gasteiger partial charge < -0.3 is 25.0 Å². The third-order valence-electron chi connectivity index (χ3n) is 3.29. The van der Waals surface area contributed by atoms with E-state index in [1.807, 2.05) is 30.3 Å². The van der Waals surface area contributed by atoms with Crippen molar-refractivity contribution in [3.05, 3.63) is 59.8 Å². The Morgan fingerprint density at radius 3 is 2.62 bits per heavy atom. The Morgan fingerprint density at radius 2 is 1.92 bits per heavy atom. The first-order valence-corrected chi connectivity index (χ1v) is 7.41. The van der Waals surface area contributed by atoms with Gasteiger partial charge in [0.15, 0.2) is 0 Å². The van der Waals surface area contributed by atoms with Crippen molar-refractivity contribution in [2.24, 2.45) is 0 Å². The Morgan fingerprint density at radius 1 is 1.17 bits per heavy atom. The lowest BCUT2D eigenvalue weighted by Gasteiger charge is -2.18. The van der Waals surface area contributed by atoms with E-state index in [9.17, 15) is 15.0 Å². The van der Waals surface area contributed by atoms with E-state index in [1.165, 1.54) is 7.11 Å². The van der Waals surface area contributed by atoms with Crippen LogP contribution in [0.25, 0.3) is 0 Å². The molecular weight excluding hydrogens is 312 g/mol. The highest BCUT2D eigenvalue weighted by molar-refractivity contribution is 5.67. The van der Waals surface area contributed by atoms with Gasteiger partial charge in [-0.25, -0.2) is 9.78 Å². The van der Waals surface area contributed by atoms with Crippen LogP contribution in [0, 0.1) is 0 Å². The zero-order valence-corrected chi connectivity index (χ0v) is 13.3. The molecule has 0 radical (unpaired) electrons. The van der Waals surface area contributed by atoms with E-state index in [0.717, 1.165) is 5.56 Å². The van der Waals surface area contributed by atoms with Crippen molar-refractivity contribution < 1.29 is 24.5 Å². The number of carbonyl (C=O) groups excluding carboxylic acids is 1. The van der Waals surface area contributed by atoms with Gasteiger partial charge in [-0.15, -0.1) is 0 Å². The van der Waals surface area contributed by atoms with Crippen LogP contribution in [-0.2, 0) is 11.3 Å². The Balaban J connectivity index is 1.79. The van der Waals surface area contributed by atoms with E-state index >= 15 is 0 Å². The number of alkyl carbamates (subject to hydrolysis) is 1. The lowest BCUT2D eigenvalue weighted by Crippen LogP contribution is -2.36. The number of aliphatic hydroxyl groups is 2. The number of aliphatic hydroxyl groups excluding tert-OH is 2. The fourth-order valence-electron chi connectivity index (χ4n) is 1.98. The number of amides is 1. The maximum absolute atomic E-state index is 11.6. The highest BCUT2D eigenvalue weighted by Crippen LogP contribution is 2.17. The summed E-state index contributed by atoms with van der Waals surface area (Å²) in [6.45, 7) is -0.0452. The van der Waals surface area contributed by atoms with Crippen LogP contribution in [0.2, 0.25) is 0 Å². The van der Waals surface area contributed by atoms with Crippen LogP contribution < -0.4 is 10.1 Å². The van der Waals surface area contributed by atoms with Gasteiger partial charge in [0.2, 0.25) is 5.88 Å². The lowest BCUT2D eigenvalue weighted by atomic mass is 10.1. The van der Waals surface area contributed by atoms with E-state index < -0.39 is 18.3 Å². The lowest BCUT2D eigenvalue weighted by molar-refractivity contribution is 0.0156.